The fraction of sp³-hybridized carbons (Fsp3) is 0.429. The summed E-state index contributed by atoms with van der Waals surface area (Å²) in [7, 11) is 0. The summed E-state index contributed by atoms with van der Waals surface area (Å²) in [6.07, 6.45) is 0. The summed E-state index contributed by atoms with van der Waals surface area (Å²) >= 11 is 1.76. The molecule has 0 aliphatic carbocycles. The van der Waals surface area contributed by atoms with E-state index in [1.54, 1.807) is 11.3 Å². The van der Waals surface area contributed by atoms with E-state index in [0.717, 1.165) is 17.3 Å². The highest BCUT2D eigenvalue weighted by atomic mass is 32.1. The second kappa shape index (κ2) is 5.48. The van der Waals surface area contributed by atoms with Gasteiger partial charge in [-0.3, -0.25) is 0 Å². The zero-order valence-corrected chi connectivity index (χ0v) is 12.1. The molecule has 1 N–H and O–H groups in total. The molecular weight excluding hydrogens is 242 g/mol. The Morgan fingerprint density at radius 1 is 1.22 bits per heavy atom. The molecule has 2 rings (SSSR count). The molecule has 0 fully saturated rings. The van der Waals surface area contributed by atoms with E-state index in [1.807, 2.05) is 13.0 Å². The summed E-state index contributed by atoms with van der Waals surface area (Å²) in [6.45, 7) is 8.38. The smallest absolute Gasteiger partial charge is 0.133 e. The summed E-state index contributed by atoms with van der Waals surface area (Å²) in [6, 6.07) is 6.48. The lowest BCUT2D eigenvalue weighted by Gasteiger charge is -2.15. The van der Waals surface area contributed by atoms with Crippen molar-refractivity contribution in [2.45, 2.75) is 39.7 Å². The number of thiophene rings is 1. The SMILES string of the molecule is Cc1cc(NC(C)c2cccs2)nc(C(C)C)n1. The molecule has 2 aromatic heterocycles. The summed E-state index contributed by atoms with van der Waals surface area (Å²) in [4.78, 5) is 10.3. The normalized spacial score (nSPS) is 12.7. The second-order valence-corrected chi connectivity index (χ2v) is 5.77. The van der Waals surface area contributed by atoms with Crippen LogP contribution in [-0.4, -0.2) is 9.97 Å². The van der Waals surface area contributed by atoms with Crippen LogP contribution in [-0.2, 0) is 0 Å². The van der Waals surface area contributed by atoms with Gasteiger partial charge in [0.05, 0.1) is 6.04 Å². The van der Waals surface area contributed by atoms with Crippen molar-refractivity contribution in [3.8, 4) is 0 Å². The number of hydrogen-bond donors (Lipinski definition) is 1. The van der Waals surface area contributed by atoms with Crippen molar-refractivity contribution in [3.63, 3.8) is 0 Å². The molecule has 3 nitrogen and oxygen atoms in total. The molecule has 96 valence electrons. The second-order valence-electron chi connectivity index (χ2n) is 4.79. The van der Waals surface area contributed by atoms with Crippen LogP contribution in [0.4, 0.5) is 5.82 Å². The van der Waals surface area contributed by atoms with Gasteiger partial charge in [-0.1, -0.05) is 19.9 Å². The van der Waals surface area contributed by atoms with Crippen molar-refractivity contribution >= 4 is 17.2 Å². The van der Waals surface area contributed by atoms with Crippen LogP contribution in [0.1, 0.15) is 49.1 Å². The van der Waals surface area contributed by atoms with Gasteiger partial charge < -0.3 is 5.32 Å². The van der Waals surface area contributed by atoms with Crippen LogP contribution in [0.2, 0.25) is 0 Å². The van der Waals surface area contributed by atoms with Crippen molar-refractivity contribution in [2.75, 3.05) is 5.32 Å². The van der Waals surface area contributed by atoms with Crippen molar-refractivity contribution in [1.82, 2.24) is 9.97 Å². The molecule has 4 heteroatoms. The van der Waals surface area contributed by atoms with Gasteiger partial charge in [0.15, 0.2) is 0 Å². The van der Waals surface area contributed by atoms with Gasteiger partial charge in [-0.05, 0) is 25.3 Å². The molecular formula is C14H19N3S. The molecule has 0 saturated heterocycles. The van der Waals surface area contributed by atoms with Gasteiger partial charge in [0.2, 0.25) is 0 Å². The van der Waals surface area contributed by atoms with E-state index in [9.17, 15) is 0 Å². The number of hydrogen-bond acceptors (Lipinski definition) is 4. The Balaban J connectivity index is 2.18. The molecule has 0 saturated carbocycles. The highest BCUT2D eigenvalue weighted by Gasteiger charge is 2.10. The van der Waals surface area contributed by atoms with Crippen LogP contribution in [0.5, 0.6) is 0 Å². The average Bonchev–Trinajstić information content (AvgIpc) is 2.81. The minimum atomic E-state index is 0.277. The Labute approximate surface area is 112 Å². The average molecular weight is 261 g/mol. The Kier molecular flexibility index (Phi) is 3.97. The Morgan fingerprint density at radius 2 is 2.00 bits per heavy atom. The van der Waals surface area contributed by atoms with Crippen LogP contribution in [0.25, 0.3) is 0 Å². The summed E-state index contributed by atoms with van der Waals surface area (Å²) in [5.74, 6) is 2.16. The molecule has 0 aliphatic heterocycles. The fourth-order valence-electron chi connectivity index (χ4n) is 1.75. The zero-order valence-electron chi connectivity index (χ0n) is 11.3. The van der Waals surface area contributed by atoms with Gasteiger partial charge in [-0.25, -0.2) is 9.97 Å². The van der Waals surface area contributed by atoms with Crippen LogP contribution in [0.3, 0.4) is 0 Å². The maximum atomic E-state index is 4.57. The third-order valence-electron chi connectivity index (χ3n) is 2.72. The van der Waals surface area contributed by atoms with E-state index in [0.29, 0.717) is 5.92 Å². The molecule has 1 atom stereocenters. The van der Waals surface area contributed by atoms with Crippen LogP contribution < -0.4 is 5.32 Å². The van der Waals surface area contributed by atoms with E-state index in [4.69, 9.17) is 0 Å². The van der Waals surface area contributed by atoms with Crippen molar-refractivity contribution in [3.05, 3.63) is 40.0 Å². The van der Waals surface area contributed by atoms with Crippen molar-refractivity contribution in [1.29, 1.82) is 0 Å². The highest BCUT2D eigenvalue weighted by Crippen LogP contribution is 2.23. The predicted octanol–water partition coefficient (Wildman–Crippen LogP) is 4.14. The Morgan fingerprint density at radius 3 is 2.61 bits per heavy atom. The first-order chi connectivity index (χ1) is 8.56. The van der Waals surface area contributed by atoms with Gasteiger partial charge in [0, 0.05) is 22.6 Å². The molecule has 2 heterocycles. The van der Waals surface area contributed by atoms with Gasteiger partial charge >= 0.3 is 0 Å². The largest absolute Gasteiger partial charge is 0.363 e. The number of anilines is 1. The first kappa shape index (κ1) is 13.0. The number of aryl methyl sites for hydroxylation is 1. The van der Waals surface area contributed by atoms with Gasteiger partial charge in [-0.2, -0.15) is 0 Å². The van der Waals surface area contributed by atoms with Crippen LogP contribution in [0.15, 0.2) is 23.6 Å². The van der Waals surface area contributed by atoms with E-state index >= 15 is 0 Å². The quantitative estimate of drug-likeness (QED) is 0.898. The van der Waals surface area contributed by atoms with E-state index in [2.05, 4.69) is 53.6 Å². The summed E-state index contributed by atoms with van der Waals surface area (Å²) in [5, 5.41) is 5.54. The molecule has 0 aromatic carbocycles. The molecule has 0 radical (unpaired) electrons. The number of aromatic nitrogens is 2. The predicted molar refractivity (Wildman–Crippen MR) is 77.2 cm³/mol. The van der Waals surface area contributed by atoms with Gasteiger partial charge in [0.25, 0.3) is 0 Å². The van der Waals surface area contributed by atoms with E-state index in [1.165, 1.54) is 4.88 Å². The number of rotatable bonds is 4. The highest BCUT2D eigenvalue weighted by molar-refractivity contribution is 7.10. The van der Waals surface area contributed by atoms with E-state index < -0.39 is 0 Å². The maximum Gasteiger partial charge on any atom is 0.133 e. The van der Waals surface area contributed by atoms with Crippen molar-refractivity contribution < 1.29 is 0 Å². The summed E-state index contributed by atoms with van der Waals surface area (Å²) in [5.41, 5.74) is 1.01. The standard InChI is InChI=1S/C14H19N3S/c1-9(2)14-15-10(3)8-13(17-14)16-11(4)12-6-5-7-18-12/h5-9,11H,1-4H3,(H,15,16,17). The molecule has 1 unspecified atom stereocenters. The molecule has 0 spiro atoms. The molecule has 0 amide bonds. The van der Waals surface area contributed by atoms with Gasteiger partial charge in [-0.15, -0.1) is 11.3 Å². The topological polar surface area (TPSA) is 37.8 Å². The van der Waals surface area contributed by atoms with E-state index in [-0.39, 0.29) is 6.04 Å². The molecule has 18 heavy (non-hydrogen) atoms. The van der Waals surface area contributed by atoms with Crippen LogP contribution in [0, 0.1) is 6.92 Å². The zero-order chi connectivity index (χ0) is 13.1. The minimum Gasteiger partial charge on any atom is -0.363 e. The van der Waals surface area contributed by atoms with Gasteiger partial charge in [0.1, 0.15) is 11.6 Å². The molecule has 0 aliphatic rings. The Bertz CT molecular complexity index is 506. The Hall–Kier alpha value is -1.42. The number of nitrogens with one attached hydrogen (secondary N) is 1. The lowest BCUT2D eigenvalue weighted by Crippen LogP contribution is -2.09. The lowest BCUT2D eigenvalue weighted by molar-refractivity contribution is 0.762. The molecule has 2 aromatic rings. The third-order valence-corrected chi connectivity index (χ3v) is 3.78. The minimum absolute atomic E-state index is 0.277. The first-order valence-corrected chi connectivity index (χ1v) is 7.09. The third kappa shape index (κ3) is 3.07. The molecule has 0 bridgehead atoms. The number of nitrogens with zero attached hydrogens (tertiary/aromatic N) is 2. The van der Waals surface area contributed by atoms with Crippen molar-refractivity contribution in [2.24, 2.45) is 0 Å². The first-order valence-electron chi connectivity index (χ1n) is 6.22. The summed E-state index contributed by atoms with van der Waals surface area (Å²) < 4.78 is 0. The fourth-order valence-corrected chi connectivity index (χ4v) is 2.49. The van der Waals surface area contributed by atoms with Crippen LogP contribution >= 0.6 is 11.3 Å². The monoisotopic (exact) mass is 261 g/mol. The maximum absolute atomic E-state index is 4.57. The lowest BCUT2D eigenvalue weighted by atomic mass is 10.2.